The van der Waals surface area contributed by atoms with E-state index in [2.05, 4.69) is 27.1 Å². The maximum absolute atomic E-state index is 9.12. The van der Waals surface area contributed by atoms with Crippen LogP contribution < -0.4 is 0 Å². The number of nitriles is 1. The fraction of sp³-hybridized carbons (Fsp3) is 0.0909. The lowest BCUT2D eigenvalue weighted by molar-refractivity contribution is 0.759. The van der Waals surface area contributed by atoms with Crippen molar-refractivity contribution in [2.75, 3.05) is 0 Å². The number of hydrogen-bond donors (Lipinski definition) is 0. The van der Waals surface area contributed by atoms with Crippen molar-refractivity contribution in [2.45, 2.75) is 0 Å². The molecular formula is C11H8BrN3S. The third-order valence-corrected chi connectivity index (χ3v) is 3.47. The topological polar surface area (TPSA) is 41.6 Å². The van der Waals surface area contributed by atoms with Crippen LogP contribution in [-0.2, 0) is 7.05 Å². The van der Waals surface area contributed by atoms with E-state index in [1.54, 1.807) is 22.2 Å². The first-order chi connectivity index (χ1) is 7.72. The van der Waals surface area contributed by atoms with Crippen LogP contribution in [0.25, 0.3) is 11.6 Å². The van der Waals surface area contributed by atoms with E-state index < -0.39 is 0 Å². The standard InChI is InChI=1S/C11H8BrN3S/c1-15-11(10(12)6-14-15)4-9(5-13)8-2-3-16-7-8/h2-4,6-7H,1H3/b9-4+. The minimum absolute atomic E-state index is 0.644. The Bertz CT molecular complexity index is 541. The third kappa shape index (κ3) is 2.08. The van der Waals surface area contributed by atoms with Gasteiger partial charge in [-0.2, -0.15) is 21.7 Å². The van der Waals surface area contributed by atoms with Crippen molar-refractivity contribution in [3.63, 3.8) is 0 Å². The number of aryl methyl sites for hydroxylation is 1. The second kappa shape index (κ2) is 4.64. The number of hydrogen-bond acceptors (Lipinski definition) is 3. The Morgan fingerprint density at radius 3 is 3.00 bits per heavy atom. The van der Waals surface area contributed by atoms with Crippen LogP contribution in [-0.4, -0.2) is 9.78 Å². The normalized spacial score (nSPS) is 11.4. The fourth-order valence-electron chi connectivity index (χ4n) is 1.32. The van der Waals surface area contributed by atoms with Crippen molar-refractivity contribution in [3.05, 3.63) is 38.8 Å². The Labute approximate surface area is 106 Å². The van der Waals surface area contributed by atoms with Crippen LogP contribution in [0.5, 0.6) is 0 Å². The Balaban J connectivity index is 2.48. The quantitative estimate of drug-likeness (QED) is 0.797. The van der Waals surface area contributed by atoms with Crippen molar-refractivity contribution in [1.82, 2.24) is 9.78 Å². The molecule has 0 aliphatic rings. The highest BCUT2D eigenvalue weighted by Gasteiger charge is 2.06. The van der Waals surface area contributed by atoms with Gasteiger partial charge in [0.25, 0.3) is 0 Å². The second-order valence-corrected chi connectivity index (χ2v) is 4.82. The van der Waals surface area contributed by atoms with E-state index in [1.165, 1.54) is 0 Å². The van der Waals surface area contributed by atoms with E-state index in [1.807, 2.05) is 30.0 Å². The molecule has 0 N–H and O–H groups in total. The van der Waals surface area contributed by atoms with E-state index >= 15 is 0 Å². The SMILES string of the molecule is Cn1ncc(Br)c1/C=C(\C#N)c1ccsc1. The van der Waals surface area contributed by atoms with Gasteiger partial charge in [0.1, 0.15) is 0 Å². The number of aromatic nitrogens is 2. The van der Waals surface area contributed by atoms with Gasteiger partial charge >= 0.3 is 0 Å². The number of nitrogens with zero attached hydrogens (tertiary/aromatic N) is 3. The summed E-state index contributed by atoms with van der Waals surface area (Å²) in [4.78, 5) is 0. The number of thiophene rings is 1. The van der Waals surface area contributed by atoms with Crippen LogP contribution >= 0.6 is 27.3 Å². The molecule has 2 aromatic heterocycles. The molecule has 0 aliphatic carbocycles. The molecule has 2 heterocycles. The Morgan fingerprint density at radius 1 is 1.69 bits per heavy atom. The van der Waals surface area contributed by atoms with Crippen LogP contribution in [0, 0.1) is 11.3 Å². The summed E-state index contributed by atoms with van der Waals surface area (Å²) in [7, 11) is 1.85. The second-order valence-electron chi connectivity index (χ2n) is 3.18. The van der Waals surface area contributed by atoms with Crippen molar-refractivity contribution in [1.29, 1.82) is 5.26 Å². The third-order valence-electron chi connectivity index (χ3n) is 2.17. The molecule has 0 bridgehead atoms. The van der Waals surface area contributed by atoms with Gasteiger partial charge in [-0.25, -0.2) is 0 Å². The van der Waals surface area contributed by atoms with Gasteiger partial charge in [-0.05, 0) is 38.8 Å². The molecule has 5 heteroatoms. The molecule has 0 fully saturated rings. The lowest BCUT2D eigenvalue weighted by Crippen LogP contribution is -1.93. The first-order valence-electron chi connectivity index (χ1n) is 4.54. The molecule has 0 aromatic carbocycles. The molecule has 0 saturated carbocycles. The maximum atomic E-state index is 9.12. The lowest BCUT2D eigenvalue weighted by Gasteiger charge is -1.98. The van der Waals surface area contributed by atoms with Gasteiger partial charge in [0.15, 0.2) is 0 Å². The van der Waals surface area contributed by atoms with Crippen molar-refractivity contribution in [2.24, 2.45) is 7.05 Å². The Kier molecular flexibility index (Phi) is 3.22. The zero-order valence-corrected chi connectivity index (χ0v) is 10.9. The van der Waals surface area contributed by atoms with Gasteiger partial charge in [-0.3, -0.25) is 4.68 Å². The first-order valence-corrected chi connectivity index (χ1v) is 6.28. The first kappa shape index (κ1) is 11.1. The largest absolute Gasteiger partial charge is 0.267 e. The smallest absolute Gasteiger partial charge is 0.0999 e. The van der Waals surface area contributed by atoms with E-state index in [0.29, 0.717) is 5.57 Å². The summed E-state index contributed by atoms with van der Waals surface area (Å²) in [5, 5.41) is 17.1. The molecule has 0 unspecified atom stereocenters. The predicted octanol–water partition coefficient (Wildman–Crippen LogP) is 3.31. The van der Waals surface area contributed by atoms with Crippen LogP contribution in [0.15, 0.2) is 27.5 Å². The van der Waals surface area contributed by atoms with Gasteiger partial charge in [0, 0.05) is 12.6 Å². The highest BCUT2D eigenvalue weighted by molar-refractivity contribution is 9.10. The number of allylic oxidation sites excluding steroid dienone is 1. The van der Waals surface area contributed by atoms with Gasteiger partial charge in [-0.1, -0.05) is 0 Å². The average Bonchev–Trinajstić information content (AvgIpc) is 2.89. The number of rotatable bonds is 2. The van der Waals surface area contributed by atoms with Crippen molar-refractivity contribution >= 4 is 38.9 Å². The minimum atomic E-state index is 0.644. The van der Waals surface area contributed by atoms with Crippen LogP contribution in [0.4, 0.5) is 0 Å². The monoisotopic (exact) mass is 293 g/mol. The molecule has 2 rings (SSSR count). The van der Waals surface area contributed by atoms with Crippen LogP contribution in [0.3, 0.4) is 0 Å². The van der Waals surface area contributed by atoms with Gasteiger partial charge in [-0.15, -0.1) is 0 Å². The summed E-state index contributed by atoms with van der Waals surface area (Å²) in [5.41, 5.74) is 2.48. The predicted molar refractivity (Wildman–Crippen MR) is 68.7 cm³/mol. The van der Waals surface area contributed by atoms with Crippen LogP contribution in [0.1, 0.15) is 11.3 Å². The lowest BCUT2D eigenvalue weighted by atomic mass is 10.1. The summed E-state index contributed by atoms with van der Waals surface area (Å²) in [6.07, 6.45) is 3.55. The Morgan fingerprint density at radius 2 is 2.50 bits per heavy atom. The summed E-state index contributed by atoms with van der Waals surface area (Å²) < 4.78 is 2.62. The summed E-state index contributed by atoms with van der Waals surface area (Å²) in [5.74, 6) is 0. The summed E-state index contributed by atoms with van der Waals surface area (Å²) in [6.45, 7) is 0. The molecule has 0 radical (unpaired) electrons. The highest BCUT2D eigenvalue weighted by atomic mass is 79.9. The minimum Gasteiger partial charge on any atom is -0.267 e. The molecule has 0 aliphatic heterocycles. The van der Waals surface area contributed by atoms with E-state index in [4.69, 9.17) is 5.26 Å². The average molecular weight is 294 g/mol. The molecule has 0 atom stereocenters. The zero-order valence-electron chi connectivity index (χ0n) is 8.51. The molecule has 0 amide bonds. The highest BCUT2D eigenvalue weighted by Crippen LogP contribution is 2.23. The van der Waals surface area contributed by atoms with Gasteiger partial charge < -0.3 is 0 Å². The van der Waals surface area contributed by atoms with Gasteiger partial charge in [0.05, 0.1) is 28.0 Å². The van der Waals surface area contributed by atoms with Crippen molar-refractivity contribution in [3.8, 4) is 6.07 Å². The van der Waals surface area contributed by atoms with E-state index in [-0.39, 0.29) is 0 Å². The molecule has 16 heavy (non-hydrogen) atoms. The molecule has 0 spiro atoms. The van der Waals surface area contributed by atoms with Gasteiger partial charge in [0.2, 0.25) is 0 Å². The number of halogens is 1. The van der Waals surface area contributed by atoms with E-state index in [0.717, 1.165) is 15.7 Å². The fourth-order valence-corrected chi connectivity index (χ4v) is 2.44. The zero-order chi connectivity index (χ0) is 11.5. The van der Waals surface area contributed by atoms with E-state index in [9.17, 15) is 0 Å². The maximum Gasteiger partial charge on any atom is 0.0999 e. The molecule has 3 nitrogen and oxygen atoms in total. The summed E-state index contributed by atoms with van der Waals surface area (Å²) >= 11 is 4.98. The van der Waals surface area contributed by atoms with Crippen molar-refractivity contribution < 1.29 is 0 Å². The van der Waals surface area contributed by atoms with Crippen LogP contribution in [0.2, 0.25) is 0 Å². The molecule has 0 saturated heterocycles. The summed E-state index contributed by atoms with van der Waals surface area (Å²) in [6, 6.07) is 4.14. The molecular weight excluding hydrogens is 286 g/mol. The Hall–Kier alpha value is -1.38. The molecule has 2 aromatic rings. The molecule has 80 valence electrons.